The molecule has 0 aliphatic heterocycles. The highest BCUT2D eigenvalue weighted by atomic mass is 16.2. The van der Waals surface area contributed by atoms with E-state index in [2.05, 4.69) is 15.2 Å². The molecule has 0 radical (unpaired) electrons. The first-order valence-corrected chi connectivity index (χ1v) is 9.49. The third kappa shape index (κ3) is 3.44. The van der Waals surface area contributed by atoms with Gasteiger partial charge in [-0.25, -0.2) is 9.48 Å². The molecule has 0 fully saturated rings. The minimum absolute atomic E-state index is 0.153. The molecule has 0 aliphatic rings. The summed E-state index contributed by atoms with van der Waals surface area (Å²) in [6.45, 7) is 3.80. The van der Waals surface area contributed by atoms with E-state index < -0.39 is 11.2 Å². The molecule has 154 valence electrons. The summed E-state index contributed by atoms with van der Waals surface area (Å²) in [6.07, 6.45) is 0.490. The second kappa shape index (κ2) is 7.50. The van der Waals surface area contributed by atoms with E-state index in [-0.39, 0.29) is 11.3 Å². The number of benzene rings is 2. The molecule has 0 bridgehead atoms. The Morgan fingerprint density at radius 2 is 1.68 bits per heavy atom. The quantitative estimate of drug-likeness (QED) is 0.538. The smallest absolute Gasteiger partial charge is 0.270 e. The average molecular weight is 414 g/mol. The number of aryl methyl sites for hydroxylation is 3. The van der Waals surface area contributed by atoms with Crippen molar-refractivity contribution < 1.29 is 0 Å². The maximum atomic E-state index is 12.4. The van der Waals surface area contributed by atoms with Gasteiger partial charge in [0.25, 0.3) is 11.1 Å². The van der Waals surface area contributed by atoms with Crippen LogP contribution in [0.3, 0.4) is 0 Å². The van der Waals surface area contributed by atoms with E-state index in [1.54, 1.807) is 31.3 Å². The summed E-state index contributed by atoms with van der Waals surface area (Å²) in [5, 5.41) is 18.8. The van der Waals surface area contributed by atoms with Crippen molar-refractivity contribution in [3.63, 3.8) is 0 Å². The number of H-pyrrole nitrogens is 1. The summed E-state index contributed by atoms with van der Waals surface area (Å²) in [7, 11) is 1.63. The van der Waals surface area contributed by atoms with Gasteiger partial charge < -0.3 is 0 Å². The second-order valence-corrected chi connectivity index (χ2v) is 7.29. The van der Waals surface area contributed by atoms with Gasteiger partial charge in [0.2, 0.25) is 5.69 Å². The lowest BCUT2D eigenvalue weighted by molar-refractivity contribution is 0.696. The zero-order chi connectivity index (χ0) is 22.3. The Morgan fingerprint density at radius 3 is 2.32 bits per heavy atom. The number of fused-ring (bicyclic) bond motifs is 1. The van der Waals surface area contributed by atoms with Crippen molar-refractivity contribution in [1.82, 2.24) is 24.5 Å². The molecule has 2 heterocycles. The molecule has 9 heteroatoms. The first kappa shape index (κ1) is 20.0. The topological polar surface area (TPSA) is 126 Å². The second-order valence-electron chi connectivity index (χ2n) is 7.29. The van der Waals surface area contributed by atoms with E-state index in [0.717, 1.165) is 32.5 Å². The minimum Gasteiger partial charge on any atom is -0.270 e. The molecule has 1 N–H and O–H groups in total. The lowest BCUT2D eigenvalue weighted by Gasteiger charge is -2.14. The number of aromatic amines is 1. The van der Waals surface area contributed by atoms with Crippen LogP contribution in [0.1, 0.15) is 28.1 Å². The van der Waals surface area contributed by atoms with Gasteiger partial charge in [-0.15, -0.1) is 5.10 Å². The predicted octanol–water partition coefficient (Wildman–Crippen LogP) is 1.25. The van der Waals surface area contributed by atoms with Gasteiger partial charge in [0.05, 0.1) is 16.8 Å². The Bertz CT molecular complexity index is 1550. The first-order chi connectivity index (χ1) is 14.8. The van der Waals surface area contributed by atoms with E-state index in [0.29, 0.717) is 17.5 Å². The van der Waals surface area contributed by atoms with Gasteiger partial charge in [0, 0.05) is 18.9 Å². The van der Waals surface area contributed by atoms with Gasteiger partial charge in [-0.3, -0.25) is 14.6 Å². The number of aromatic nitrogens is 5. The van der Waals surface area contributed by atoms with Crippen LogP contribution in [0.5, 0.6) is 0 Å². The summed E-state index contributed by atoms with van der Waals surface area (Å²) in [6, 6.07) is 12.6. The Morgan fingerprint density at radius 1 is 1.03 bits per heavy atom. The number of nitrogens with one attached hydrogen (secondary N) is 1. The maximum absolute atomic E-state index is 12.4. The lowest BCUT2D eigenvalue weighted by atomic mass is 9.96. The molecular formula is C22H18N6O3. The summed E-state index contributed by atoms with van der Waals surface area (Å²) in [5.41, 5.74) is 1.89. The minimum atomic E-state index is -0.818. The van der Waals surface area contributed by atoms with E-state index in [1.807, 2.05) is 32.0 Å². The van der Waals surface area contributed by atoms with Crippen LogP contribution >= 0.6 is 0 Å². The van der Waals surface area contributed by atoms with Gasteiger partial charge >= 0.3 is 5.69 Å². The highest BCUT2D eigenvalue weighted by Gasteiger charge is 2.15. The fourth-order valence-electron chi connectivity index (χ4n) is 3.69. The van der Waals surface area contributed by atoms with E-state index in [1.165, 1.54) is 4.68 Å². The van der Waals surface area contributed by atoms with Crippen molar-refractivity contribution in [3.8, 4) is 11.8 Å². The third-order valence-corrected chi connectivity index (χ3v) is 5.24. The molecule has 2 aromatic carbocycles. The van der Waals surface area contributed by atoms with Crippen molar-refractivity contribution in [2.24, 2.45) is 7.05 Å². The number of rotatable bonds is 3. The first-order valence-electron chi connectivity index (χ1n) is 9.49. The molecule has 0 saturated heterocycles. The van der Waals surface area contributed by atoms with Crippen molar-refractivity contribution in [2.45, 2.75) is 20.3 Å². The Hall–Kier alpha value is -4.32. The lowest BCUT2D eigenvalue weighted by Crippen LogP contribution is -2.33. The van der Waals surface area contributed by atoms with E-state index in [4.69, 9.17) is 5.26 Å². The molecule has 0 amide bonds. The zero-order valence-electron chi connectivity index (χ0n) is 17.1. The van der Waals surface area contributed by atoms with E-state index >= 15 is 0 Å². The summed E-state index contributed by atoms with van der Waals surface area (Å²) in [5.74, 6) is 0. The summed E-state index contributed by atoms with van der Waals surface area (Å²) < 4.78 is 2.34. The van der Waals surface area contributed by atoms with Crippen LogP contribution in [0.4, 0.5) is 0 Å². The van der Waals surface area contributed by atoms with Gasteiger partial charge in [0.1, 0.15) is 6.07 Å². The van der Waals surface area contributed by atoms with Crippen molar-refractivity contribution in [1.29, 1.82) is 5.26 Å². The average Bonchev–Trinajstić information content (AvgIpc) is 2.74. The van der Waals surface area contributed by atoms with Crippen LogP contribution in [0.25, 0.3) is 16.5 Å². The highest BCUT2D eigenvalue weighted by molar-refractivity contribution is 5.83. The molecule has 2 aromatic heterocycles. The Kier molecular flexibility index (Phi) is 4.83. The molecule has 0 saturated carbocycles. The molecule has 9 nitrogen and oxygen atoms in total. The summed E-state index contributed by atoms with van der Waals surface area (Å²) >= 11 is 0. The van der Waals surface area contributed by atoms with Crippen LogP contribution in [-0.2, 0) is 13.5 Å². The van der Waals surface area contributed by atoms with Gasteiger partial charge in [0.15, 0.2) is 0 Å². The molecular weight excluding hydrogens is 396 g/mol. The van der Waals surface area contributed by atoms with Gasteiger partial charge in [-0.1, -0.05) is 18.2 Å². The van der Waals surface area contributed by atoms with Crippen molar-refractivity contribution in [3.05, 3.63) is 95.7 Å². The number of nitrogens with zero attached hydrogens (tertiary/aromatic N) is 5. The molecule has 0 atom stereocenters. The Labute approximate surface area is 175 Å². The number of hydrogen-bond acceptors (Lipinski definition) is 6. The summed E-state index contributed by atoms with van der Waals surface area (Å²) in [4.78, 5) is 38.3. The molecule has 0 unspecified atom stereocenters. The van der Waals surface area contributed by atoms with Crippen molar-refractivity contribution in [2.75, 3.05) is 0 Å². The SMILES string of the molecule is Cc1cc(-n2nc(C#N)c(=O)[nH]c2=O)cc(C)c1Cc1nn(C)c(=O)c2ccccc12. The molecule has 0 aliphatic carbocycles. The highest BCUT2D eigenvalue weighted by Crippen LogP contribution is 2.23. The molecule has 4 aromatic rings. The fourth-order valence-corrected chi connectivity index (χ4v) is 3.69. The Balaban J connectivity index is 1.84. The van der Waals surface area contributed by atoms with Crippen LogP contribution in [0.15, 0.2) is 50.8 Å². The third-order valence-electron chi connectivity index (χ3n) is 5.24. The van der Waals surface area contributed by atoms with Crippen LogP contribution in [-0.4, -0.2) is 24.5 Å². The van der Waals surface area contributed by atoms with Crippen LogP contribution in [0.2, 0.25) is 0 Å². The molecule has 0 spiro atoms. The normalized spacial score (nSPS) is 10.9. The van der Waals surface area contributed by atoms with E-state index in [9.17, 15) is 14.4 Å². The number of nitriles is 1. The number of hydrogen-bond donors (Lipinski definition) is 1. The molecule has 4 rings (SSSR count). The van der Waals surface area contributed by atoms with Gasteiger partial charge in [-0.2, -0.15) is 15.0 Å². The van der Waals surface area contributed by atoms with Crippen LogP contribution in [0, 0.1) is 25.2 Å². The standard InChI is InChI=1S/C22H18N6O3/c1-12-8-14(28-22(31)24-20(29)19(11-23)26-28)9-13(2)17(12)10-18-15-6-4-5-7-16(15)21(30)27(3)25-18/h4-9H,10H2,1-3H3,(H,24,29,31). The van der Waals surface area contributed by atoms with Gasteiger partial charge in [-0.05, 0) is 48.7 Å². The largest absolute Gasteiger partial charge is 0.349 e. The maximum Gasteiger partial charge on any atom is 0.349 e. The zero-order valence-corrected chi connectivity index (χ0v) is 17.1. The predicted molar refractivity (Wildman–Crippen MR) is 114 cm³/mol. The van der Waals surface area contributed by atoms with Crippen molar-refractivity contribution >= 4 is 10.8 Å². The van der Waals surface area contributed by atoms with Crippen LogP contribution < -0.4 is 16.8 Å². The fraction of sp³-hybridized carbons (Fsp3) is 0.182. The monoisotopic (exact) mass is 414 g/mol. The molecule has 31 heavy (non-hydrogen) atoms.